The molecule has 0 saturated carbocycles. The first-order chi connectivity index (χ1) is 9.81. The maximum atomic E-state index is 12.5. The second-order valence-corrected chi connectivity index (χ2v) is 4.55. The molecule has 0 unspecified atom stereocenters. The van der Waals surface area contributed by atoms with Crippen LogP contribution in [0.25, 0.3) is 6.08 Å². The molecular formula is C17H12N2O. The molecule has 1 atom stereocenters. The third-order valence-corrected chi connectivity index (χ3v) is 3.36. The van der Waals surface area contributed by atoms with Gasteiger partial charge in [-0.1, -0.05) is 42.5 Å². The molecule has 1 heterocycles. The summed E-state index contributed by atoms with van der Waals surface area (Å²) in [5.41, 5.74) is 2.43. The van der Waals surface area contributed by atoms with Crippen molar-refractivity contribution in [2.45, 2.75) is 6.04 Å². The van der Waals surface area contributed by atoms with Gasteiger partial charge in [-0.05, 0) is 29.3 Å². The van der Waals surface area contributed by atoms with Gasteiger partial charge in [0.05, 0.1) is 6.07 Å². The van der Waals surface area contributed by atoms with Crippen LogP contribution in [0.2, 0.25) is 0 Å². The van der Waals surface area contributed by atoms with Gasteiger partial charge in [-0.15, -0.1) is 0 Å². The van der Waals surface area contributed by atoms with Crippen LogP contribution in [0.15, 0.2) is 60.8 Å². The zero-order chi connectivity index (χ0) is 13.9. The highest BCUT2D eigenvalue weighted by atomic mass is 16.2. The van der Waals surface area contributed by atoms with Gasteiger partial charge in [-0.25, -0.2) is 0 Å². The Bertz CT molecular complexity index is 713. The van der Waals surface area contributed by atoms with Gasteiger partial charge in [0.2, 0.25) is 0 Å². The van der Waals surface area contributed by atoms with Crippen molar-refractivity contribution in [2.24, 2.45) is 0 Å². The lowest BCUT2D eigenvalue weighted by atomic mass is 9.96. The maximum Gasteiger partial charge on any atom is 0.259 e. The summed E-state index contributed by atoms with van der Waals surface area (Å²) in [7, 11) is 0. The Labute approximate surface area is 117 Å². The molecule has 96 valence electrons. The van der Waals surface area contributed by atoms with E-state index in [1.807, 2.05) is 48.5 Å². The van der Waals surface area contributed by atoms with Crippen LogP contribution in [0.5, 0.6) is 0 Å². The molecule has 3 heteroatoms. The van der Waals surface area contributed by atoms with Gasteiger partial charge in [0, 0.05) is 11.8 Å². The van der Waals surface area contributed by atoms with Crippen molar-refractivity contribution in [2.75, 3.05) is 0 Å². The lowest BCUT2D eigenvalue weighted by Gasteiger charge is -2.28. The van der Waals surface area contributed by atoms with Gasteiger partial charge in [0.15, 0.2) is 0 Å². The molecule has 0 spiro atoms. The number of rotatable bonds is 1. The standard InChI is InChI=1S/C17H12N2O/c18-12-16-15-9-5-4-6-13(15)10-11-19(16)17(20)14-7-2-1-3-8-14/h1-11,16H/t16-/m0/s1. The van der Waals surface area contributed by atoms with Gasteiger partial charge in [-0.3, -0.25) is 9.69 Å². The quantitative estimate of drug-likeness (QED) is 0.789. The molecule has 0 radical (unpaired) electrons. The Hall–Kier alpha value is -2.86. The van der Waals surface area contributed by atoms with E-state index in [4.69, 9.17) is 0 Å². The highest BCUT2D eigenvalue weighted by Crippen LogP contribution is 2.30. The molecular weight excluding hydrogens is 248 g/mol. The summed E-state index contributed by atoms with van der Waals surface area (Å²) in [6, 6.07) is 18.3. The largest absolute Gasteiger partial charge is 0.294 e. The second kappa shape index (κ2) is 5.02. The van der Waals surface area contributed by atoms with Gasteiger partial charge < -0.3 is 0 Å². The van der Waals surface area contributed by atoms with Crippen LogP contribution in [-0.2, 0) is 0 Å². The molecule has 3 rings (SSSR count). The fraction of sp³-hybridized carbons (Fsp3) is 0.0588. The molecule has 2 aromatic carbocycles. The highest BCUT2D eigenvalue weighted by Gasteiger charge is 2.28. The molecule has 0 saturated heterocycles. The zero-order valence-electron chi connectivity index (χ0n) is 10.7. The lowest BCUT2D eigenvalue weighted by molar-refractivity contribution is 0.0794. The average molecular weight is 260 g/mol. The predicted molar refractivity (Wildman–Crippen MR) is 76.4 cm³/mol. The molecule has 0 aliphatic carbocycles. The molecule has 0 aromatic heterocycles. The van der Waals surface area contributed by atoms with Crippen LogP contribution in [0.1, 0.15) is 27.5 Å². The van der Waals surface area contributed by atoms with E-state index in [1.165, 1.54) is 4.90 Å². The Morgan fingerprint density at radius 3 is 2.50 bits per heavy atom. The minimum Gasteiger partial charge on any atom is -0.294 e. The number of hydrogen-bond acceptors (Lipinski definition) is 2. The minimum absolute atomic E-state index is 0.164. The summed E-state index contributed by atoms with van der Waals surface area (Å²) < 4.78 is 0. The second-order valence-electron chi connectivity index (χ2n) is 4.55. The van der Waals surface area contributed by atoms with Crippen LogP contribution in [-0.4, -0.2) is 10.8 Å². The predicted octanol–water partition coefficient (Wildman–Crippen LogP) is 3.38. The van der Waals surface area contributed by atoms with E-state index in [2.05, 4.69) is 6.07 Å². The van der Waals surface area contributed by atoms with Crippen LogP contribution in [0.3, 0.4) is 0 Å². The number of amides is 1. The topological polar surface area (TPSA) is 44.1 Å². The van der Waals surface area contributed by atoms with Crippen LogP contribution >= 0.6 is 0 Å². The van der Waals surface area contributed by atoms with E-state index < -0.39 is 6.04 Å². The van der Waals surface area contributed by atoms with Crippen LogP contribution in [0.4, 0.5) is 0 Å². The minimum atomic E-state index is -0.580. The molecule has 3 nitrogen and oxygen atoms in total. The maximum absolute atomic E-state index is 12.5. The number of benzene rings is 2. The molecule has 0 fully saturated rings. The normalized spacial score (nSPS) is 16.4. The van der Waals surface area contributed by atoms with Crippen molar-refractivity contribution in [3.63, 3.8) is 0 Å². The van der Waals surface area contributed by atoms with Crippen molar-refractivity contribution in [3.8, 4) is 6.07 Å². The van der Waals surface area contributed by atoms with Crippen molar-refractivity contribution < 1.29 is 4.79 Å². The van der Waals surface area contributed by atoms with E-state index in [1.54, 1.807) is 18.3 Å². The van der Waals surface area contributed by atoms with E-state index >= 15 is 0 Å². The average Bonchev–Trinajstić information content (AvgIpc) is 2.54. The number of carbonyl (C=O) groups excluding carboxylic acids is 1. The van der Waals surface area contributed by atoms with E-state index in [0.29, 0.717) is 5.56 Å². The summed E-state index contributed by atoms with van der Waals surface area (Å²) >= 11 is 0. The molecule has 1 aliphatic heterocycles. The SMILES string of the molecule is N#C[C@H]1c2ccccc2C=CN1C(=O)c1ccccc1. The monoisotopic (exact) mass is 260 g/mol. The van der Waals surface area contributed by atoms with Crippen molar-refractivity contribution >= 4 is 12.0 Å². The molecule has 20 heavy (non-hydrogen) atoms. The Balaban J connectivity index is 2.01. The molecule has 0 bridgehead atoms. The number of nitriles is 1. The Morgan fingerprint density at radius 2 is 1.75 bits per heavy atom. The fourth-order valence-electron chi connectivity index (χ4n) is 2.35. The van der Waals surface area contributed by atoms with Crippen molar-refractivity contribution in [1.82, 2.24) is 4.90 Å². The summed E-state index contributed by atoms with van der Waals surface area (Å²) in [4.78, 5) is 14.0. The molecule has 2 aromatic rings. The number of hydrogen-bond donors (Lipinski definition) is 0. The summed E-state index contributed by atoms with van der Waals surface area (Å²) in [5.74, 6) is -0.164. The third kappa shape index (κ3) is 1.98. The van der Waals surface area contributed by atoms with Gasteiger partial charge >= 0.3 is 0 Å². The number of nitrogens with zero attached hydrogens (tertiary/aromatic N) is 2. The van der Waals surface area contributed by atoms with Crippen molar-refractivity contribution in [3.05, 3.63) is 77.5 Å². The number of fused-ring (bicyclic) bond motifs is 1. The van der Waals surface area contributed by atoms with E-state index in [-0.39, 0.29) is 5.91 Å². The first-order valence-corrected chi connectivity index (χ1v) is 6.36. The first kappa shape index (κ1) is 12.2. The molecule has 0 N–H and O–H groups in total. The molecule has 1 aliphatic rings. The lowest BCUT2D eigenvalue weighted by Crippen LogP contribution is -2.31. The van der Waals surface area contributed by atoms with Crippen molar-refractivity contribution in [1.29, 1.82) is 5.26 Å². The Morgan fingerprint density at radius 1 is 1.05 bits per heavy atom. The summed E-state index contributed by atoms with van der Waals surface area (Å²) in [6.07, 6.45) is 3.55. The van der Waals surface area contributed by atoms with E-state index in [9.17, 15) is 10.1 Å². The van der Waals surface area contributed by atoms with E-state index in [0.717, 1.165) is 11.1 Å². The first-order valence-electron chi connectivity index (χ1n) is 6.36. The zero-order valence-corrected chi connectivity index (χ0v) is 10.7. The summed E-state index contributed by atoms with van der Waals surface area (Å²) in [5, 5.41) is 9.43. The van der Waals surface area contributed by atoms with Crippen LogP contribution in [0, 0.1) is 11.3 Å². The Kier molecular flexibility index (Phi) is 3.06. The third-order valence-electron chi connectivity index (χ3n) is 3.36. The summed E-state index contributed by atoms with van der Waals surface area (Å²) in [6.45, 7) is 0. The number of carbonyl (C=O) groups is 1. The van der Waals surface area contributed by atoms with Gasteiger partial charge in [0.1, 0.15) is 6.04 Å². The van der Waals surface area contributed by atoms with Crippen LogP contribution < -0.4 is 0 Å². The van der Waals surface area contributed by atoms with Gasteiger partial charge in [-0.2, -0.15) is 5.26 Å². The van der Waals surface area contributed by atoms with Gasteiger partial charge in [0.25, 0.3) is 5.91 Å². The fourth-order valence-corrected chi connectivity index (χ4v) is 2.35. The highest BCUT2D eigenvalue weighted by molar-refractivity contribution is 5.96. The smallest absolute Gasteiger partial charge is 0.259 e. The molecule has 1 amide bonds.